The van der Waals surface area contributed by atoms with Crippen LogP contribution in [-0.4, -0.2) is 9.55 Å². The molecule has 0 fully saturated rings. The van der Waals surface area contributed by atoms with Crippen molar-refractivity contribution in [1.82, 2.24) is 9.55 Å². The van der Waals surface area contributed by atoms with Crippen molar-refractivity contribution in [3.63, 3.8) is 0 Å². The number of ether oxygens (including phenoxy) is 1. The molecule has 1 aliphatic rings. The first-order chi connectivity index (χ1) is 27.4. The minimum absolute atomic E-state index is 0. The maximum Gasteiger partial charge on any atom is 0.135 e. The molecule has 0 saturated heterocycles. The van der Waals surface area contributed by atoms with Crippen molar-refractivity contribution in [2.75, 3.05) is 9.80 Å². The number of pyridine rings is 1. The van der Waals surface area contributed by atoms with Gasteiger partial charge in [0.1, 0.15) is 5.82 Å². The Kier molecular flexibility index (Phi) is 11.0. The average Bonchev–Trinajstić information content (AvgIpc) is 3.76. The molecule has 0 atom stereocenters. The quantitative estimate of drug-likeness (QED) is 0.149. The molecule has 5 aromatic carbocycles. The molecule has 0 amide bonds. The van der Waals surface area contributed by atoms with E-state index in [-0.39, 0.29) is 42.7 Å². The number of anilines is 2. The van der Waals surface area contributed by atoms with Crippen LogP contribution in [0.3, 0.4) is 0 Å². The van der Waals surface area contributed by atoms with Gasteiger partial charge >= 0.3 is 0 Å². The molecule has 5 nitrogen and oxygen atoms in total. The number of fused-ring (bicyclic) bond motifs is 3. The van der Waals surface area contributed by atoms with Gasteiger partial charge in [-0.3, -0.25) is 0 Å². The molecule has 59 heavy (non-hydrogen) atoms. The van der Waals surface area contributed by atoms with E-state index >= 15 is 0 Å². The number of hydrogen-bond donors (Lipinski definition) is 0. The molecule has 0 bridgehead atoms. The van der Waals surface area contributed by atoms with Crippen LogP contribution < -0.4 is 14.5 Å². The van der Waals surface area contributed by atoms with Crippen molar-refractivity contribution in [3.8, 4) is 17.3 Å². The Hall–Kier alpha value is -5.12. The van der Waals surface area contributed by atoms with Crippen LogP contribution in [0.25, 0.3) is 27.6 Å². The summed E-state index contributed by atoms with van der Waals surface area (Å²) in [7, 11) is 0. The summed E-state index contributed by atoms with van der Waals surface area (Å²) in [5.41, 5.74) is 9.75. The molecule has 0 radical (unpaired) electrons. The second-order valence-corrected chi connectivity index (χ2v) is 19.2. The van der Waals surface area contributed by atoms with Gasteiger partial charge in [-0.1, -0.05) is 142 Å². The van der Waals surface area contributed by atoms with Gasteiger partial charge in [-0.15, -0.1) is 48.1 Å². The summed E-state index contributed by atoms with van der Waals surface area (Å²) in [4.78, 5) is 9.54. The molecular formula is C53H55N4OPt-3. The van der Waals surface area contributed by atoms with E-state index in [0.717, 1.165) is 39.0 Å². The van der Waals surface area contributed by atoms with E-state index in [1.807, 2.05) is 18.3 Å². The third-order valence-corrected chi connectivity index (χ3v) is 11.3. The minimum atomic E-state index is -0.190. The van der Waals surface area contributed by atoms with E-state index in [4.69, 9.17) is 9.72 Å². The van der Waals surface area contributed by atoms with Crippen LogP contribution in [0.15, 0.2) is 139 Å². The van der Waals surface area contributed by atoms with Crippen LogP contribution in [0.4, 0.5) is 11.4 Å². The Morgan fingerprint density at radius 2 is 1.19 bits per heavy atom. The molecule has 3 heterocycles. The fourth-order valence-corrected chi connectivity index (χ4v) is 8.27. The van der Waals surface area contributed by atoms with Gasteiger partial charge in [0, 0.05) is 77.6 Å². The monoisotopic (exact) mass is 958 g/mol. The van der Waals surface area contributed by atoms with Gasteiger partial charge in [-0.2, -0.15) is 12.1 Å². The SMILES string of the molecule is CC(C)(C)C1=C(C(C)(C)C)N(c2cccc(C(C)(C)c3ccccc3)c2)[CH-]N1c1[c-]c(Oc2[c-]c3c(cc2)c2ccccc2n3-c2cc(C(C)(C)C)ccn2)ccc1.[Pt]. The minimum Gasteiger partial charge on any atom is -0.509 e. The maximum absolute atomic E-state index is 6.66. The summed E-state index contributed by atoms with van der Waals surface area (Å²) in [5.74, 6) is 2.09. The van der Waals surface area contributed by atoms with Crippen LogP contribution in [0.2, 0.25) is 0 Å². The maximum atomic E-state index is 6.66. The van der Waals surface area contributed by atoms with Gasteiger partial charge in [0.2, 0.25) is 0 Å². The molecule has 8 rings (SSSR count). The predicted molar refractivity (Wildman–Crippen MR) is 242 cm³/mol. The third-order valence-electron chi connectivity index (χ3n) is 11.3. The van der Waals surface area contributed by atoms with E-state index in [1.165, 1.54) is 28.1 Å². The number of para-hydroxylation sites is 1. The number of allylic oxidation sites excluding steroid dienone is 2. The average molecular weight is 959 g/mol. The van der Waals surface area contributed by atoms with E-state index in [9.17, 15) is 0 Å². The van der Waals surface area contributed by atoms with Crippen LogP contribution >= 0.6 is 0 Å². The fraction of sp³-hybridized carbons (Fsp3) is 0.283. The van der Waals surface area contributed by atoms with E-state index < -0.39 is 0 Å². The molecule has 0 N–H and O–H groups in total. The van der Waals surface area contributed by atoms with Gasteiger partial charge in [0.15, 0.2) is 0 Å². The molecule has 0 saturated carbocycles. The first-order valence-electron chi connectivity index (χ1n) is 20.4. The fourth-order valence-electron chi connectivity index (χ4n) is 8.27. The van der Waals surface area contributed by atoms with E-state index in [0.29, 0.717) is 11.5 Å². The van der Waals surface area contributed by atoms with Gasteiger partial charge < -0.3 is 19.1 Å². The van der Waals surface area contributed by atoms with Crippen molar-refractivity contribution in [1.29, 1.82) is 0 Å². The zero-order valence-electron chi connectivity index (χ0n) is 36.2. The standard InChI is InChI=1S/C53H55N4O.Pt/c1-50(2,3)37-29-30-54-47(32-37)57-45-26-16-15-25-43(45)44-28-27-42(34-46(44)57)58-41-24-18-23-40(33-41)56-35-55(48(51(4,5)6)49(56)52(7,8)9)39-22-17-21-38(31-39)53(10,11)36-19-13-12-14-20-36;/h12-32,35H,1-11H3;/q-3;. The molecule has 1 aliphatic heterocycles. The van der Waals surface area contributed by atoms with Gasteiger partial charge in [0.05, 0.1) is 0 Å². The Labute approximate surface area is 366 Å². The van der Waals surface area contributed by atoms with Crippen LogP contribution in [0.1, 0.15) is 92.9 Å². The summed E-state index contributed by atoms with van der Waals surface area (Å²) in [6.07, 6.45) is 1.90. The van der Waals surface area contributed by atoms with Crippen molar-refractivity contribution in [2.45, 2.75) is 87.0 Å². The normalized spacial score (nSPS) is 14.0. The summed E-state index contributed by atoms with van der Waals surface area (Å²) in [6.45, 7) is 27.3. The molecule has 0 unspecified atom stereocenters. The van der Waals surface area contributed by atoms with Gasteiger partial charge in [0.25, 0.3) is 0 Å². The Bertz CT molecular complexity index is 2670. The van der Waals surface area contributed by atoms with Gasteiger partial charge in [-0.05, 0) is 57.8 Å². The first kappa shape index (κ1) is 42.0. The topological polar surface area (TPSA) is 33.5 Å². The van der Waals surface area contributed by atoms with E-state index in [1.54, 1.807) is 0 Å². The molecule has 6 heteroatoms. The zero-order valence-corrected chi connectivity index (χ0v) is 38.5. The Balaban J connectivity index is 0.00000528. The largest absolute Gasteiger partial charge is 0.509 e. The zero-order chi connectivity index (χ0) is 41.2. The summed E-state index contributed by atoms with van der Waals surface area (Å²) in [5, 5.41) is 2.25. The summed E-state index contributed by atoms with van der Waals surface area (Å²) in [6, 6.07) is 50.1. The van der Waals surface area contributed by atoms with Crippen molar-refractivity contribution < 1.29 is 25.8 Å². The van der Waals surface area contributed by atoms with Crippen LogP contribution in [-0.2, 0) is 31.9 Å². The molecule has 306 valence electrons. The third kappa shape index (κ3) is 7.99. The van der Waals surface area contributed by atoms with E-state index in [2.05, 4.69) is 219 Å². The molecular weight excluding hydrogens is 904 g/mol. The number of rotatable bonds is 7. The number of aromatic nitrogens is 2. The Morgan fingerprint density at radius 1 is 0.542 bits per heavy atom. The smallest absolute Gasteiger partial charge is 0.135 e. The number of nitrogens with zero attached hydrogens (tertiary/aromatic N) is 4. The van der Waals surface area contributed by atoms with Crippen LogP contribution in [0.5, 0.6) is 11.5 Å². The predicted octanol–water partition coefficient (Wildman–Crippen LogP) is 13.9. The van der Waals surface area contributed by atoms with Crippen molar-refractivity contribution in [2.24, 2.45) is 10.8 Å². The Morgan fingerprint density at radius 3 is 1.90 bits per heavy atom. The number of benzene rings is 5. The van der Waals surface area contributed by atoms with Crippen molar-refractivity contribution in [3.05, 3.63) is 174 Å². The first-order valence-corrected chi connectivity index (χ1v) is 20.4. The molecule has 0 aliphatic carbocycles. The second kappa shape index (κ2) is 15.5. The second-order valence-electron chi connectivity index (χ2n) is 19.2. The summed E-state index contributed by atoms with van der Waals surface area (Å²) < 4.78 is 8.86. The van der Waals surface area contributed by atoms with Crippen LogP contribution in [0, 0.1) is 29.6 Å². The summed E-state index contributed by atoms with van der Waals surface area (Å²) >= 11 is 0. The van der Waals surface area contributed by atoms with Gasteiger partial charge in [-0.25, -0.2) is 4.98 Å². The molecule has 7 aromatic rings. The van der Waals surface area contributed by atoms with Crippen molar-refractivity contribution >= 4 is 33.2 Å². The molecule has 0 spiro atoms. The molecule has 2 aromatic heterocycles. The number of hydrogen-bond acceptors (Lipinski definition) is 4.